The van der Waals surface area contributed by atoms with Crippen LogP contribution in [0.1, 0.15) is 20.7 Å². The maximum Gasteiger partial charge on any atom is 0.340 e. The van der Waals surface area contributed by atoms with Crippen molar-refractivity contribution in [1.82, 2.24) is 0 Å². The topological polar surface area (TPSA) is 86.5 Å². The van der Waals surface area contributed by atoms with Gasteiger partial charge in [-0.3, -0.25) is 14.9 Å². The van der Waals surface area contributed by atoms with Gasteiger partial charge in [-0.2, -0.15) is 0 Å². The molecule has 0 radical (unpaired) electrons. The molecule has 2 rings (SSSR count). The summed E-state index contributed by atoms with van der Waals surface area (Å²) in [5.74, 6) is -1.31. The maximum absolute atomic E-state index is 12.0. The molecule has 0 amide bonds. The minimum Gasteiger partial charge on any atom is -0.454 e. The molecule has 0 unspecified atom stereocenters. The van der Waals surface area contributed by atoms with E-state index < -0.39 is 23.3 Å². The molecule has 0 aromatic heterocycles. The number of carbonyl (C=O) groups is 2. The first-order valence-electron chi connectivity index (χ1n) is 6.29. The molecule has 2 aromatic carbocycles. The molecule has 23 heavy (non-hydrogen) atoms. The summed E-state index contributed by atoms with van der Waals surface area (Å²) in [5.41, 5.74) is -0.0929. The van der Waals surface area contributed by atoms with Crippen molar-refractivity contribution in [1.29, 1.82) is 0 Å². The van der Waals surface area contributed by atoms with Crippen LogP contribution in [0.3, 0.4) is 0 Å². The van der Waals surface area contributed by atoms with E-state index in [0.29, 0.717) is 10.0 Å². The van der Waals surface area contributed by atoms with Gasteiger partial charge in [-0.15, -0.1) is 0 Å². The average Bonchev–Trinajstić information content (AvgIpc) is 2.53. The Morgan fingerprint density at radius 3 is 2.52 bits per heavy atom. The number of carbonyl (C=O) groups excluding carboxylic acids is 2. The molecule has 2 aromatic rings. The van der Waals surface area contributed by atoms with Gasteiger partial charge >= 0.3 is 5.97 Å². The fourth-order valence-electron chi connectivity index (χ4n) is 1.76. The van der Waals surface area contributed by atoms with E-state index in [1.807, 2.05) is 0 Å². The van der Waals surface area contributed by atoms with Gasteiger partial charge in [-0.25, -0.2) is 4.79 Å². The molecule has 6 nitrogen and oxygen atoms in total. The first-order valence-corrected chi connectivity index (χ1v) is 7.46. The molecular formula is C15H9BrClNO5. The lowest BCUT2D eigenvalue weighted by molar-refractivity contribution is -0.384. The minimum absolute atomic E-state index is 0.00828. The predicted octanol–water partition coefficient (Wildman–Crippen LogP) is 4.05. The van der Waals surface area contributed by atoms with Crippen molar-refractivity contribution in [3.8, 4) is 0 Å². The van der Waals surface area contributed by atoms with Crippen molar-refractivity contribution in [2.45, 2.75) is 0 Å². The molecule has 0 heterocycles. The van der Waals surface area contributed by atoms with Crippen molar-refractivity contribution in [3.05, 3.63) is 73.2 Å². The summed E-state index contributed by atoms with van der Waals surface area (Å²) >= 11 is 9.07. The number of Topliss-reactive ketones (excluding diaryl/α,β-unsaturated/α-hetero) is 1. The molecule has 0 saturated carbocycles. The quantitative estimate of drug-likeness (QED) is 0.328. The van der Waals surface area contributed by atoms with E-state index in [1.165, 1.54) is 12.1 Å². The van der Waals surface area contributed by atoms with Crippen molar-refractivity contribution in [2.75, 3.05) is 6.61 Å². The number of rotatable bonds is 5. The standard InChI is InChI=1S/C15H9BrClNO5/c16-12-4-2-1-3-10(12)14(19)8-23-15(20)11-7-9(18(21)22)5-6-13(11)17/h1-7H,8H2. The highest BCUT2D eigenvalue weighted by Gasteiger charge is 2.19. The van der Waals surface area contributed by atoms with Gasteiger partial charge in [-0.1, -0.05) is 45.7 Å². The zero-order valence-electron chi connectivity index (χ0n) is 11.5. The number of halogens is 2. The normalized spacial score (nSPS) is 10.2. The maximum atomic E-state index is 12.0. The Labute approximate surface area is 144 Å². The largest absolute Gasteiger partial charge is 0.454 e. The van der Waals surface area contributed by atoms with Crippen LogP contribution in [0, 0.1) is 10.1 Å². The van der Waals surface area contributed by atoms with E-state index >= 15 is 0 Å². The number of nitro benzene ring substituents is 1. The highest BCUT2D eigenvalue weighted by Crippen LogP contribution is 2.23. The van der Waals surface area contributed by atoms with Gasteiger partial charge < -0.3 is 4.74 Å². The minimum atomic E-state index is -0.904. The van der Waals surface area contributed by atoms with Crippen molar-refractivity contribution in [2.24, 2.45) is 0 Å². The molecule has 0 aliphatic heterocycles. The van der Waals surface area contributed by atoms with Crippen LogP contribution in [0.4, 0.5) is 5.69 Å². The van der Waals surface area contributed by atoms with Crippen LogP contribution in [-0.4, -0.2) is 23.3 Å². The van der Waals surface area contributed by atoms with Crippen molar-refractivity contribution < 1.29 is 19.2 Å². The predicted molar refractivity (Wildman–Crippen MR) is 86.9 cm³/mol. The first kappa shape index (κ1) is 17.1. The lowest BCUT2D eigenvalue weighted by atomic mass is 10.1. The van der Waals surface area contributed by atoms with Crippen LogP contribution >= 0.6 is 27.5 Å². The average molecular weight is 399 g/mol. The number of nitrogens with zero attached hydrogens (tertiary/aromatic N) is 1. The number of nitro groups is 1. The number of hydrogen-bond acceptors (Lipinski definition) is 5. The third-order valence-corrected chi connectivity index (χ3v) is 3.91. The molecule has 0 bridgehead atoms. The Kier molecular flexibility index (Phi) is 5.46. The highest BCUT2D eigenvalue weighted by molar-refractivity contribution is 9.10. The Morgan fingerprint density at radius 2 is 1.87 bits per heavy atom. The van der Waals surface area contributed by atoms with E-state index in [0.717, 1.165) is 6.07 Å². The Balaban J connectivity index is 2.11. The van der Waals surface area contributed by atoms with E-state index in [1.54, 1.807) is 24.3 Å². The molecule has 0 atom stereocenters. The molecule has 0 saturated heterocycles. The second-order valence-electron chi connectivity index (χ2n) is 4.40. The van der Waals surface area contributed by atoms with Crippen molar-refractivity contribution in [3.63, 3.8) is 0 Å². The molecule has 118 valence electrons. The number of benzene rings is 2. The smallest absolute Gasteiger partial charge is 0.340 e. The number of non-ortho nitro benzene ring substituents is 1. The molecule has 0 aliphatic carbocycles. The van der Waals surface area contributed by atoms with Gasteiger partial charge in [0.25, 0.3) is 5.69 Å². The molecule has 0 N–H and O–H groups in total. The highest BCUT2D eigenvalue weighted by atomic mass is 79.9. The molecule has 0 spiro atoms. The molecule has 8 heteroatoms. The molecule has 0 aliphatic rings. The lowest BCUT2D eigenvalue weighted by Gasteiger charge is -2.07. The summed E-state index contributed by atoms with van der Waals surface area (Å²) in [6, 6.07) is 10.1. The van der Waals surface area contributed by atoms with Crippen LogP contribution < -0.4 is 0 Å². The van der Waals surface area contributed by atoms with E-state index in [2.05, 4.69) is 15.9 Å². The van der Waals surface area contributed by atoms with Gasteiger partial charge in [0.15, 0.2) is 6.61 Å². The van der Waals surface area contributed by atoms with Crippen molar-refractivity contribution >= 4 is 45.0 Å². The Hall–Kier alpha value is -2.25. The number of ether oxygens (including phenoxy) is 1. The van der Waals surface area contributed by atoms with Crippen LogP contribution in [0.2, 0.25) is 5.02 Å². The summed E-state index contributed by atoms with van der Waals surface area (Å²) in [7, 11) is 0. The lowest BCUT2D eigenvalue weighted by Crippen LogP contribution is -2.15. The summed E-state index contributed by atoms with van der Waals surface area (Å²) in [6.45, 7) is -0.500. The van der Waals surface area contributed by atoms with Gasteiger partial charge in [-0.05, 0) is 12.1 Å². The summed E-state index contributed by atoms with van der Waals surface area (Å²) in [5, 5.41) is 10.7. The van der Waals surface area contributed by atoms with Gasteiger partial charge in [0, 0.05) is 22.2 Å². The second kappa shape index (κ2) is 7.34. The van der Waals surface area contributed by atoms with Crippen LogP contribution in [-0.2, 0) is 4.74 Å². The number of ketones is 1. The van der Waals surface area contributed by atoms with E-state index in [-0.39, 0.29) is 16.3 Å². The fraction of sp³-hybridized carbons (Fsp3) is 0.0667. The third kappa shape index (κ3) is 4.14. The van der Waals surface area contributed by atoms with Gasteiger partial charge in [0.2, 0.25) is 5.78 Å². The SMILES string of the molecule is O=C(OCC(=O)c1ccccc1Br)c1cc([N+](=O)[O-])ccc1Cl. The monoisotopic (exact) mass is 397 g/mol. The molecular weight excluding hydrogens is 390 g/mol. The third-order valence-electron chi connectivity index (χ3n) is 2.89. The fourth-order valence-corrected chi connectivity index (χ4v) is 2.46. The van der Waals surface area contributed by atoms with E-state index in [4.69, 9.17) is 16.3 Å². The Morgan fingerprint density at radius 1 is 1.17 bits per heavy atom. The summed E-state index contributed by atoms with van der Waals surface area (Å²) < 4.78 is 5.48. The second-order valence-corrected chi connectivity index (χ2v) is 5.66. The number of esters is 1. The van der Waals surface area contributed by atoms with Crippen LogP contribution in [0.15, 0.2) is 46.9 Å². The van der Waals surface area contributed by atoms with Gasteiger partial charge in [0.05, 0.1) is 15.5 Å². The van der Waals surface area contributed by atoms with Crippen LogP contribution in [0.25, 0.3) is 0 Å². The molecule has 0 fully saturated rings. The zero-order chi connectivity index (χ0) is 17.0. The van der Waals surface area contributed by atoms with Gasteiger partial charge in [0.1, 0.15) is 0 Å². The van der Waals surface area contributed by atoms with E-state index in [9.17, 15) is 19.7 Å². The Bertz CT molecular complexity index is 793. The summed E-state index contributed by atoms with van der Waals surface area (Å²) in [6.07, 6.45) is 0. The zero-order valence-corrected chi connectivity index (χ0v) is 13.8. The first-order chi connectivity index (χ1) is 10.9. The summed E-state index contributed by atoms with van der Waals surface area (Å²) in [4.78, 5) is 34.1. The van der Waals surface area contributed by atoms with Crippen LogP contribution in [0.5, 0.6) is 0 Å². The number of hydrogen-bond donors (Lipinski definition) is 0.